The molecule has 21 heavy (non-hydrogen) atoms. The predicted octanol–water partition coefficient (Wildman–Crippen LogP) is 4.55. The van der Waals surface area contributed by atoms with Crippen molar-refractivity contribution in [1.29, 1.82) is 0 Å². The third-order valence-corrected chi connectivity index (χ3v) is 4.83. The van der Waals surface area contributed by atoms with E-state index in [0.717, 1.165) is 15.2 Å². The first-order valence-electron chi connectivity index (χ1n) is 6.50. The maximum absolute atomic E-state index is 11.0. The smallest absolute Gasteiger partial charge is 0.248 e. The molecule has 0 amide bonds. The summed E-state index contributed by atoms with van der Waals surface area (Å²) in [5.41, 5.74) is 0.704. The topological polar surface area (TPSA) is 55.0 Å². The second kappa shape index (κ2) is 5.50. The van der Waals surface area contributed by atoms with Crippen LogP contribution in [0.3, 0.4) is 0 Å². The molecule has 1 N–H and O–H groups in total. The summed E-state index contributed by atoms with van der Waals surface area (Å²) in [7, 11) is 0. The van der Waals surface area contributed by atoms with Gasteiger partial charge in [0.25, 0.3) is 0 Å². The minimum atomic E-state index is -0.173. The molecule has 3 aromatic rings. The van der Waals surface area contributed by atoms with Crippen LogP contribution in [-0.2, 0) is 0 Å². The highest BCUT2D eigenvalue weighted by atomic mass is 35.5. The molecule has 2 heterocycles. The Morgan fingerprint density at radius 2 is 2.10 bits per heavy atom. The lowest BCUT2D eigenvalue weighted by atomic mass is 10.2. The van der Waals surface area contributed by atoms with Gasteiger partial charge in [0.15, 0.2) is 0 Å². The number of H-pyrrole nitrogens is 1. The molecule has 0 unspecified atom stereocenters. The van der Waals surface area contributed by atoms with Crippen LogP contribution in [-0.4, -0.2) is 9.97 Å². The molecule has 1 aromatic carbocycles. The molecule has 0 fully saturated rings. The van der Waals surface area contributed by atoms with Gasteiger partial charge in [0.1, 0.15) is 16.5 Å². The van der Waals surface area contributed by atoms with Gasteiger partial charge in [0.05, 0.1) is 15.2 Å². The van der Waals surface area contributed by atoms with Crippen molar-refractivity contribution in [2.24, 2.45) is 0 Å². The van der Waals surface area contributed by atoms with Crippen molar-refractivity contribution >= 4 is 33.2 Å². The van der Waals surface area contributed by atoms with E-state index in [4.69, 9.17) is 16.3 Å². The van der Waals surface area contributed by atoms with E-state index in [9.17, 15) is 4.79 Å². The number of aromatic nitrogens is 2. The van der Waals surface area contributed by atoms with E-state index in [1.165, 1.54) is 12.3 Å². The Kier molecular flexibility index (Phi) is 3.69. The number of halogens is 1. The van der Waals surface area contributed by atoms with Crippen molar-refractivity contribution < 1.29 is 4.74 Å². The molecule has 0 bridgehead atoms. The quantitative estimate of drug-likeness (QED) is 0.770. The fourth-order valence-electron chi connectivity index (χ4n) is 1.87. The zero-order valence-electron chi connectivity index (χ0n) is 11.5. The molecular weight excluding hydrogens is 308 g/mol. The Labute approximate surface area is 130 Å². The van der Waals surface area contributed by atoms with Crippen molar-refractivity contribution in [2.75, 3.05) is 0 Å². The van der Waals surface area contributed by atoms with E-state index < -0.39 is 0 Å². The molecule has 0 aliphatic carbocycles. The fourth-order valence-corrected chi connectivity index (χ4v) is 3.18. The molecule has 0 spiro atoms. The summed E-state index contributed by atoms with van der Waals surface area (Å²) in [4.78, 5) is 18.2. The summed E-state index contributed by atoms with van der Waals surface area (Å²) in [5.74, 6) is 1.45. The molecule has 4 nitrogen and oxygen atoms in total. The first-order chi connectivity index (χ1) is 10.0. The van der Waals surface area contributed by atoms with Crippen molar-refractivity contribution in [2.45, 2.75) is 19.8 Å². The number of fused-ring (bicyclic) bond motifs is 1. The minimum absolute atomic E-state index is 0.173. The number of hydrogen-bond acceptors (Lipinski definition) is 4. The Hall–Kier alpha value is -1.85. The van der Waals surface area contributed by atoms with Gasteiger partial charge in [-0.2, -0.15) is 0 Å². The fraction of sp³-hybridized carbons (Fsp3) is 0.200. The van der Waals surface area contributed by atoms with Crippen LogP contribution in [0.15, 0.2) is 35.3 Å². The molecule has 3 rings (SSSR count). The third-order valence-electron chi connectivity index (χ3n) is 2.96. The van der Waals surface area contributed by atoms with E-state index in [1.54, 1.807) is 23.5 Å². The molecule has 0 saturated heterocycles. The monoisotopic (exact) mass is 320 g/mol. The SMILES string of the molecule is CC(C)c1nc2ccc(Oc3ccc(=O)[nH]c3)c(Cl)c2s1. The van der Waals surface area contributed by atoms with Crippen molar-refractivity contribution in [3.8, 4) is 11.5 Å². The van der Waals surface area contributed by atoms with Crippen molar-refractivity contribution in [1.82, 2.24) is 9.97 Å². The van der Waals surface area contributed by atoms with Gasteiger partial charge < -0.3 is 9.72 Å². The van der Waals surface area contributed by atoms with Crippen molar-refractivity contribution in [3.05, 3.63) is 50.8 Å². The summed E-state index contributed by atoms with van der Waals surface area (Å²) in [6.45, 7) is 4.20. The maximum atomic E-state index is 11.0. The molecule has 108 valence electrons. The lowest BCUT2D eigenvalue weighted by Crippen LogP contribution is -2.01. The summed E-state index contributed by atoms with van der Waals surface area (Å²) in [6, 6.07) is 6.70. The molecular formula is C15H13ClN2O2S. The first-order valence-corrected chi connectivity index (χ1v) is 7.69. The van der Waals surface area contributed by atoms with E-state index in [2.05, 4.69) is 23.8 Å². The largest absolute Gasteiger partial charge is 0.454 e. The van der Waals surface area contributed by atoms with Gasteiger partial charge in [-0.25, -0.2) is 4.98 Å². The van der Waals surface area contributed by atoms with Crippen LogP contribution in [0.5, 0.6) is 11.5 Å². The van der Waals surface area contributed by atoms with Crippen LogP contribution in [0.2, 0.25) is 5.02 Å². The lowest BCUT2D eigenvalue weighted by molar-refractivity contribution is 0.481. The second-order valence-corrected chi connectivity index (χ2v) is 6.33. The number of aromatic amines is 1. The number of rotatable bonds is 3. The van der Waals surface area contributed by atoms with Gasteiger partial charge in [-0.1, -0.05) is 25.4 Å². The van der Waals surface area contributed by atoms with Crippen LogP contribution >= 0.6 is 22.9 Å². The molecule has 0 radical (unpaired) electrons. The van der Waals surface area contributed by atoms with E-state index in [1.807, 2.05) is 6.07 Å². The third kappa shape index (κ3) is 2.80. The number of benzene rings is 1. The van der Waals surface area contributed by atoms with Crippen molar-refractivity contribution in [3.63, 3.8) is 0 Å². The number of nitrogens with zero attached hydrogens (tertiary/aromatic N) is 1. The Morgan fingerprint density at radius 1 is 1.29 bits per heavy atom. The Bertz CT molecular complexity index is 834. The van der Waals surface area contributed by atoms with Gasteiger partial charge in [0, 0.05) is 18.2 Å². The lowest BCUT2D eigenvalue weighted by Gasteiger charge is -2.07. The summed E-state index contributed by atoms with van der Waals surface area (Å²) in [6.07, 6.45) is 1.51. The predicted molar refractivity (Wildman–Crippen MR) is 85.9 cm³/mol. The van der Waals surface area contributed by atoms with Crippen LogP contribution < -0.4 is 10.3 Å². The van der Waals surface area contributed by atoms with E-state index >= 15 is 0 Å². The number of hydrogen-bond donors (Lipinski definition) is 1. The summed E-state index contributed by atoms with van der Waals surface area (Å²) >= 11 is 7.99. The number of thiazole rings is 1. The average Bonchev–Trinajstić information content (AvgIpc) is 2.89. The molecule has 0 atom stereocenters. The molecule has 0 aliphatic heterocycles. The molecule has 0 aliphatic rings. The number of nitrogens with one attached hydrogen (secondary N) is 1. The highest BCUT2D eigenvalue weighted by molar-refractivity contribution is 7.19. The number of pyridine rings is 1. The standard InChI is InChI=1S/C15H13ClN2O2S/c1-8(2)15-18-10-4-5-11(13(16)14(10)21-15)20-9-3-6-12(19)17-7-9/h3-8H,1-2H3,(H,17,19). The molecule has 2 aromatic heterocycles. The highest BCUT2D eigenvalue weighted by Crippen LogP contribution is 2.39. The van der Waals surface area contributed by atoms with E-state index in [-0.39, 0.29) is 5.56 Å². The molecule has 6 heteroatoms. The molecule has 0 saturated carbocycles. The van der Waals surface area contributed by atoms with Gasteiger partial charge in [-0.05, 0) is 18.2 Å². The zero-order valence-corrected chi connectivity index (χ0v) is 13.1. The average molecular weight is 321 g/mol. The highest BCUT2D eigenvalue weighted by Gasteiger charge is 2.14. The van der Waals surface area contributed by atoms with Crippen LogP contribution in [0.25, 0.3) is 10.2 Å². The second-order valence-electron chi connectivity index (χ2n) is 4.92. The van der Waals surface area contributed by atoms with Gasteiger partial charge >= 0.3 is 0 Å². The van der Waals surface area contributed by atoms with Gasteiger partial charge in [0.2, 0.25) is 5.56 Å². The van der Waals surface area contributed by atoms with Crippen LogP contribution in [0.1, 0.15) is 24.8 Å². The normalized spacial score (nSPS) is 11.2. The number of ether oxygens (including phenoxy) is 1. The van der Waals surface area contributed by atoms with E-state index in [0.29, 0.717) is 22.4 Å². The van der Waals surface area contributed by atoms with Gasteiger partial charge in [-0.3, -0.25) is 4.79 Å². The Balaban J connectivity index is 2.01. The zero-order chi connectivity index (χ0) is 15.0. The minimum Gasteiger partial charge on any atom is -0.454 e. The first kappa shape index (κ1) is 14.1. The summed E-state index contributed by atoms with van der Waals surface area (Å²) in [5, 5.41) is 1.59. The van der Waals surface area contributed by atoms with Crippen LogP contribution in [0.4, 0.5) is 0 Å². The van der Waals surface area contributed by atoms with Gasteiger partial charge in [-0.15, -0.1) is 11.3 Å². The van der Waals surface area contributed by atoms with Crippen LogP contribution in [0, 0.1) is 0 Å². The Morgan fingerprint density at radius 3 is 2.76 bits per heavy atom. The summed E-state index contributed by atoms with van der Waals surface area (Å²) < 4.78 is 6.64. The maximum Gasteiger partial charge on any atom is 0.248 e.